The number of carbonyl (C=O) groups is 1. The molecule has 0 aliphatic rings. The minimum absolute atomic E-state index is 0.544. The maximum atomic E-state index is 10.9. The average molecular weight is 242 g/mol. The van der Waals surface area contributed by atoms with Crippen LogP contribution in [0.15, 0.2) is 0 Å². The lowest BCUT2D eigenvalue weighted by molar-refractivity contribution is -0.147. The molecule has 0 heterocycles. The Morgan fingerprint density at radius 2 is 1.47 bits per heavy atom. The first-order valence-corrected chi connectivity index (χ1v) is 7.09. The van der Waals surface area contributed by atoms with Crippen LogP contribution < -0.4 is 0 Å². The number of aliphatic carboxylic acids is 1. The molecule has 0 aromatic heterocycles. The number of carboxylic acid groups (broad SMARTS) is 1. The summed E-state index contributed by atoms with van der Waals surface area (Å²) in [5, 5.41) is 8.97. The highest BCUT2D eigenvalue weighted by Crippen LogP contribution is 2.24. The molecule has 0 aliphatic heterocycles. The van der Waals surface area contributed by atoms with E-state index in [4.69, 9.17) is 5.11 Å². The minimum Gasteiger partial charge on any atom is -0.481 e. The second-order valence-electron chi connectivity index (χ2n) is 6.24. The zero-order valence-corrected chi connectivity index (χ0v) is 12.1. The van der Waals surface area contributed by atoms with Gasteiger partial charge < -0.3 is 5.11 Å². The third-order valence-electron chi connectivity index (χ3n) is 3.41. The molecule has 0 fully saturated rings. The fourth-order valence-electron chi connectivity index (χ4n) is 1.93. The van der Waals surface area contributed by atoms with Gasteiger partial charge in [-0.1, -0.05) is 58.8 Å². The van der Waals surface area contributed by atoms with Gasteiger partial charge in [0.05, 0.1) is 5.41 Å². The summed E-state index contributed by atoms with van der Waals surface area (Å²) >= 11 is 0. The number of hydrogen-bond donors (Lipinski definition) is 1. The van der Waals surface area contributed by atoms with Gasteiger partial charge in [-0.3, -0.25) is 4.79 Å². The van der Waals surface area contributed by atoms with Crippen molar-refractivity contribution in [2.45, 2.75) is 79.1 Å². The molecule has 0 saturated carbocycles. The fraction of sp³-hybridized carbons (Fsp3) is 0.933. The van der Waals surface area contributed by atoms with E-state index in [2.05, 4.69) is 13.8 Å². The summed E-state index contributed by atoms with van der Waals surface area (Å²) in [5.41, 5.74) is -0.544. The molecule has 0 unspecified atom stereocenters. The highest BCUT2D eigenvalue weighted by atomic mass is 16.4. The average Bonchev–Trinajstić information content (AvgIpc) is 2.21. The van der Waals surface area contributed by atoms with E-state index in [1.807, 2.05) is 13.8 Å². The second kappa shape index (κ2) is 8.54. The first kappa shape index (κ1) is 16.5. The zero-order valence-electron chi connectivity index (χ0n) is 12.1. The Labute approximate surface area is 107 Å². The Bertz CT molecular complexity index is 207. The highest BCUT2D eigenvalue weighted by Gasteiger charge is 2.25. The van der Waals surface area contributed by atoms with Gasteiger partial charge >= 0.3 is 5.97 Å². The Morgan fingerprint density at radius 3 is 1.94 bits per heavy atom. The number of carboxylic acids is 1. The van der Waals surface area contributed by atoms with Crippen LogP contribution in [0, 0.1) is 11.3 Å². The van der Waals surface area contributed by atoms with Gasteiger partial charge in [0.25, 0.3) is 0 Å². The molecule has 0 saturated heterocycles. The van der Waals surface area contributed by atoms with Crippen molar-refractivity contribution in [1.82, 2.24) is 0 Å². The monoisotopic (exact) mass is 242 g/mol. The van der Waals surface area contributed by atoms with Gasteiger partial charge in [-0.15, -0.1) is 0 Å². The van der Waals surface area contributed by atoms with Crippen LogP contribution in [-0.4, -0.2) is 11.1 Å². The Morgan fingerprint density at radius 1 is 1.00 bits per heavy atom. The molecule has 2 heteroatoms. The van der Waals surface area contributed by atoms with Crippen molar-refractivity contribution in [3.63, 3.8) is 0 Å². The molecule has 0 spiro atoms. The normalized spacial score (nSPS) is 12.1. The van der Waals surface area contributed by atoms with Crippen LogP contribution in [0.3, 0.4) is 0 Å². The summed E-state index contributed by atoms with van der Waals surface area (Å²) in [7, 11) is 0. The Kier molecular flexibility index (Phi) is 8.28. The maximum absolute atomic E-state index is 10.9. The summed E-state index contributed by atoms with van der Waals surface area (Å²) in [6.45, 7) is 8.18. The SMILES string of the molecule is CC(C)CCCCCCCCC(C)(C)C(=O)O. The van der Waals surface area contributed by atoms with Gasteiger partial charge in [0.15, 0.2) is 0 Å². The zero-order chi connectivity index (χ0) is 13.3. The van der Waals surface area contributed by atoms with Gasteiger partial charge in [0, 0.05) is 0 Å². The molecule has 0 atom stereocenters. The van der Waals surface area contributed by atoms with Crippen molar-refractivity contribution >= 4 is 5.97 Å². The molecular weight excluding hydrogens is 212 g/mol. The van der Waals surface area contributed by atoms with E-state index in [1.54, 1.807) is 0 Å². The van der Waals surface area contributed by atoms with Gasteiger partial charge in [-0.05, 0) is 26.2 Å². The van der Waals surface area contributed by atoms with Gasteiger partial charge in [0.2, 0.25) is 0 Å². The molecule has 102 valence electrons. The summed E-state index contributed by atoms with van der Waals surface area (Å²) in [6.07, 6.45) is 9.61. The topological polar surface area (TPSA) is 37.3 Å². The van der Waals surface area contributed by atoms with Crippen LogP contribution in [0.25, 0.3) is 0 Å². The molecule has 17 heavy (non-hydrogen) atoms. The third kappa shape index (κ3) is 9.20. The molecule has 0 radical (unpaired) electrons. The van der Waals surface area contributed by atoms with Gasteiger partial charge in [-0.2, -0.15) is 0 Å². The molecule has 1 N–H and O–H groups in total. The smallest absolute Gasteiger partial charge is 0.309 e. The van der Waals surface area contributed by atoms with Crippen molar-refractivity contribution in [2.24, 2.45) is 11.3 Å². The van der Waals surface area contributed by atoms with Crippen molar-refractivity contribution in [3.05, 3.63) is 0 Å². The largest absolute Gasteiger partial charge is 0.481 e. The number of hydrogen-bond acceptors (Lipinski definition) is 1. The summed E-state index contributed by atoms with van der Waals surface area (Å²) in [6, 6.07) is 0. The molecular formula is C15H30O2. The number of unbranched alkanes of at least 4 members (excludes halogenated alkanes) is 5. The fourth-order valence-corrected chi connectivity index (χ4v) is 1.93. The van der Waals surface area contributed by atoms with Crippen molar-refractivity contribution < 1.29 is 9.90 Å². The minimum atomic E-state index is -0.672. The predicted octanol–water partition coefficient (Wildman–Crippen LogP) is 4.87. The quantitative estimate of drug-likeness (QED) is 0.555. The summed E-state index contributed by atoms with van der Waals surface area (Å²) in [5.74, 6) is 0.154. The van der Waals surface area contributed by atoms with Crippen LogP contribution in [-0.2, 0) is 4.79 Å². The molecule has 0 bridgehead atoms. The second-order valence-corrected chi connectivity index (χ2v) is 6.24. The van der Waals surface area contributed by atoms with E-state index in [0.29, 0.717) is 0 Å². The Balaban J connectivity index is 3.33. The molecule has 0 amide bonds. The van der Waals surface area contributed by atoms with E-state index in [0.717, 1.165) is 18.8 Å². The lowest BCUT2D eigenvalue weighted by atomic mass is 9.87. The Hall–Kier alpha value is -0.530. The summed E-state index contributed by atoms with van der Waals surface area (Å²) < 4.78 is 0. The first-order valence-electron chi connectivity index (χ1n) is 7.09. The van der Waals surface area contributed by atoms with E-state index in [-0.39, 0.29) is 0 Å². The maximum Gasteiger partial charge on any atom is 0.309 e. The number of rotatable bonds is 10. The molecule has 0 aromatic rings. The molecule has 0 aromatic carbocycles. The first-order chi connectivity index (χ1) is 7.86. The molecule has 2 nitrogen and oxygen atoms in total. The van der Waals surface area contributed by atoms with Crippen LogP contribution >= 0.6 is 0 Å². The van der Waals surface area contributed by atoms with Crippen LogP contribution in [0.5, 0.6) is 0 Å². The van der Waals surface area contributed by atoms with E-state index < -0.39 is 11.4 Å². The van der Waals surface area contributed by atoms with Crippen molar-refractivity contribution in [1.29, 1.82) is 0 Å². The van der Waals surface area contributed by atoms with Crippen LogP contribution in [0.4, 0.5) is 0 Å². The van der Waals surface area contributed by atoms with Crippen molar-refractivity contribution in [2.75, 3.05) is 0 Å². The summed E-state index contributed by atoms with van der Waals surface area (Å²) in [4.78, 5) is 10.9. The highest BCUT2D eigenvalue weighted by molar-refractivity contribution is 5.73. The van der Waals surface area contributed by atoms with Gasteiger partial charge in [0.1, 0.15) is 0 Å². The van der Waals surface area contributed by atoms with E-state index in [9.17, 15) is 4.79 Å². The standard InChI is InChI=1S/C15H30O2/c1-13(2)11-9-7-5-6-8-10-12-15(3,4)14(16)17/h13H,5-12H2,1-4H3,(H,16,17). The van der Waals surface area contributed by atoms with E-state index >= 15 is 0 Å². The lowest BCUT2D eigenvalue weighted by Crippen LogP contribution is -2.23. The molecule has 0 rings (SSSR count). The lowest BCUT2D eigenvalue weighted by Gasteiger charge is -2.18. The van der Waals surface area contributed by atoms with Crippen molar-refractivity contribution in [3.8, 4) is 0 Å². The van der Waals surface area contributed by atoms with Crippen LogP contribution in [0.1, 0.15) is 79.1 Å². The van der Waals surface area contributed by atoms with Crippen LogP contribution in [0.2, 0.25) is 0 Å². The predicted molar refractivity (Wildman–Crippen MR) is 73.2 cm³/mol. The van der Waals surface area contributed by atoms with E-state index in [1.165, 1.54) is 38.5 Å². The molecule has 0 aliphatic carbocycles. The van der Waals surface area contributed by atoms with Gasteiger partial charge in [-0.25, -0.2) is 0 Å². The third-order valence-corrected chi connectivity index (χ3v) is 3.41.